The van der Waals surface area contributed by atoms with Gasteiger partial charge in [0, 0.05) is 17.2 Å². The largest absolute Gasteiger partial charge is 0.454 e. The van der Waals surface area contributed by atoms with E-state index in [2.05, 4.69) is 0 Å². The Morgan fingerprint density at radius 3 is 2.04 bits per heavy atom. The molecule has 4 rings (SSSR count). The smallest absolute Gasteiger partial charge is 0.255 e. The highest BCUT2D eigenvalue weighted by molar-refractivity contribution is 5.84. The first-order chi connectivity index (χ1) is 11.3. The Balaban J connectivity index is 1.93. The van der Waals surface area contributed by atoms with Crippen LogP contribution < -0.4 is 4.74 Å². The van der Waals surface area contributed by atoms with Crippen LogP contribution in [0.4, 0.5) is 0 Å². The maximum atomic E-state index is 11.1. The van der Waals surface area contributed by atoms with Crippen LogP contribution in [0.25, 0.3) is 5.57 Å². The quantitative estimate of drug-likeness (QED) is 0.762. The standard InChI is InChI=1S/C21H16O2/c22-21(17-11-5-2-6-12-17)15-19(16-9-3-1-4-10-16)18-13-7-8-14-20(18)23-21/h1-15,22H/t21-/m1/s1. The summed E-state index contributed by atoms with van der Waals surface area (Å²) in [6.45, 7) is 0. The summed E-state index contributed by atoms with van der Waals surface area (Å²) in [4.78, 5) is 0. The van der Waals surface area contributed by atoms with Crippen molar-refractivity contribution in [2.24, 2.45) is 0 Å². The third-order valence-corrected chi connectivity index (χ3v) is 4.05. The van der Waals surface area contributed by atoms with Crippen molar-refractivity contribution in [2.75, 3.05) is 0 Å². The van der Waals surface area contributed by atoms with Crippen LogP contribution in [0.2, 0.25) is 0 Å². The van der Waals surface area contributed by atoms with Gasteiger partial charge in [0.05, 0.1) is 0 Å². The Morgan fingerprint density at radius 2 is 1.30 bits per heavy atom. The third kappa shape index (κ3) is 2.43. The zero-order chi connectivity index (χ0) is 15.7. The van der Waals surface area contributed by atoms with Crippen LogP contribution >= 0.6 is 0 Å². The Hall–Kier alpha value is -2.84. The van der Waals surface area contributed by atoms with Crippen LogP contribution in [0.3, 0.4) is 0 Å². The van der Waals surface area contributed by atoms with Crippen LogP contribution in [0.15, 0.2) is 91.0 Å². The normalized spacial score (nSPS) is 19.4. The second-order valence-electron chi connectivity index (χ2n) is 5.58. The summed E-state index contributed by atoms with van der Waals surface area (Å²) in [6.07, 6.45) is 1.79. The minimum atomic E-state index is -1.47. The molecule has 2 heteroatoms. The molecule has 1 aliphatic heterocycles. The summed E-state index contributed by atoms with van der Waals surface area (Å²) in [7, 11) is 0. The van der Waals surface area contributed by atoms with Gasteiger partial charge in [-0.05, 0) is 17.2 Å². The fourth-order valence-corrected chi connectivity index (χ4v) is 2.92. The van der Waals surface area contributed by atoms with Crippen LogP contribution in [0, 0.1) is 0 Å². The van der Waals surface area contributed by atoms with Gasteiger partial charge in [-0.3, -0.25) is 0 Å². The number of rotatable bonds is 2. The molecule has 0 spiro atoms. The van der Waals surface area contributed by atoms with Crippen molar-refractivity contribution in [3.63, 3.8) is 0 Å². The van der Waals surface area contributed by atoms with E-state index in [1.54, 1.807) is 6.08 Å². The van der Waals surface area contributed by atoms with Crippen LogP contribution in [-0.2, 0) is 5.79 Å². The number of benzene rings is 3. The number of ether oxygens (including phenoxy) is 1. The molecule has 0 bridgehead atoms. The number of aliphatic hydroxyl groups is 1. The van der Waals surface area contributed by atoms with Gasteiger partial charge in [0.15, 0.2) is 0 Å². The highest BCUT2D eigenvalue weighted by atomic mass is 16.6. The highest BCUT2D eigenvalue weighted by Crippen LogP contribution is 2.42. The first kappa shape index (κ1) is 13.8. The number of hydrogen-bond acceptors (Lipinski definition) is 2. The van der Waals surface area contributed by atoms with E-state index in [-0.39, 0.29) is 0 Å². The first-order valence-corrected chi connectivity index (χ1v) is 7.61. The van der Waals surface area contributed by atoms with Crippen molar-refractivity contribution in [3.05, 3.63) is 108 Å². The molecular weight excluding hydrogens is 284 g/mol. The molecular formula is C21H16O2. The molecule has 0 saturated heterocycles. The lowest BCUT2D eigenvalue weighted by atomic mass is 9.90. The van der Waals surface area contributed by atoms with Crippen molar-refractivity contribution < 1.29 is 9.84 Å². The lowest BCUT2D eigenvalue weighted by Gasteiger charge is -2.33. The fourth-order valence-electron chi connectivity index (χ4n) is 2.92. The van der Waals surface area contributed by atoms with Crippen LogP contribution in [-0.4, -0.2) is 5.11 Å². The third-order valence-electron chi connectivity index (χ3n) is 4.05. The summed E-state index contributed by atoms with van der Waals surface area (Å²) >= 11 is 0. The van der Waals surface area contributed by atoms with Crippen molar-refractivity contribution >= 4 is 5.57 Å². The van der Waals surface area contributed by atoms with E-state index in [0.29, 0.717) is 11.3 Å². The van der Waals surface area contributed by atoms with Crippen molar-refractivity contribution in [3.8, 4) is 5.75 Å². The zero-order valence-electron chi connectivity index (χ0n) is 12.5. The van der Waals surface area contributed by atoms with Crippen molar-refractivity contribution in [2.45, 2.75) is 5.79 Å². The number of hydrogen-bond donors (Lipinski definition) is 1. The molecule has 23 heavy (non-hydrogen) atoms. The molecule has 0 radical (unpaired) electrons. The van der Waals surface area contributed by atoms with E-state index in [4.69, 9.17) is 4.74 Å². The Bertz CT molecular complexity index is 853. The molecule has 0 aliphatic carbocycles. The molecule has 0 aromatic heterocycles. The van der Waals surface area contributed by atoms with Gasteiger partial charge in [0.1, 0.15) is 5.75 Å². The molecule has 1 N–H and O–H groups in total. The SMILES string of the molecule is O[C@]1(c2ccccc2)C=C(c2ccccc2)c2ccccc2O1. The van der Waals surface area contributed by atoms with E-state index in [9.17, 15) is 5.11 Å². The Morgan fingerprint density at radius 1 is 0.696 bits per heavy atom. The predicted molar refractivity (Wildman–Crippen MR) is 90.9 cm³/mol. The fraction of sp³-hybridized carbons (Fsp3) is 0.0476. The maximum Gasteiger partial charge on any atom is 0.255 e. The summed E-state index contributed by atoms with van der Waals surface area (Å²) < 4.78 is 5.94. The monoisotopic (exact) mass is 300 g/mol. The second kappa shape index (κ2) is 5.41. The summed E-state index contributed by atoms with van der Waals surface area (Å²) in [5.41, 5.74) is 3.72. The minimum absolute atomic E-state index is 0.681. The molecule has 112 valence electrons. The van der Waals surface area contributed by atoms with E-state index < -0.39 is 5.79 Å². The van der Waals surface area contributed by atoms with Crippen molar-refractivity contribution in [1.29, 1.82) is 0 Å². The van der Waals surface area contributed by atoms with Crippen LogP contribution in [0.1, 0.15) is 16.7 Å². The van der Waals surface area contributed by atoms with Gasteiger partial charge >= 0.3 is 0 Å². The van der Waals surface area contributed by atoms with Gasteiger partial charge in [-0.2, -0.15) is 0 Å². The molecule has 0 fully saturated rings. The zero-order valence-corrected chi connectivity index (χ0v) is 12.5. The molecule has 2 nitrogen and oxygen atoms in total. The van der Waals surface area contributed by atoms with E-state index in [1.807, 2.05) is 84.9 Å². The topological polar surface area (TPSA) is 29.5 Å². The van der Waals surface area contributed by atoms with Crippen molar-refractivity contribution in [1.82, 2.24) is 0 Å². The molecule has 0 unspecified atom stereocenters. The van der Waals surface area contributed by atoms with E-state index >= 15 is 0 Å². The van der Waals surface area contributed by atoms with Gasteiger partial charge < -0.3 is 9.84 Å². The van der Waals surface area contributed by atoms with Gasteiger partial charge in [0.2, 0.25) is 0 Å². The maximum absolute atomic E-state index is 11.1. The molecule has 1 heterocycles. The molecule has 0 amide bonds. The molecule has 0 saturated carbocycles. The van der Waals surface area contributed by atoms with Gasteiger partial charge in [-0.15, -0.1) is 0 Å². The van der Waals surface area contributed by atoms with Crippen LogP contribution in [0.5, 0.6) is 5.75 Å². The lowest BCUT2D eigenvalue weighted by Crippen LogP contribution is -2.33. The average Bonchev–Trinajstić information content (AvgIpc) is 2.62. The Labute approximate surface area is 135 Å². The average molecular weight is 300 g/mol. The van der Waals surface area contributed by atoms with E-state index in [0.717, 1.165) is 16.7 Å². The van der Waals surface area contributed by atoms with E-state index in [1.165, 1.54) is 0 Å². The molecule has 1 aliphatic rings. The Kier molecular flexibility index (Phi) is 3.25. The molecule has 3 aromatic carbocycles. The summed E-state index contributed by atoms with van der Waals surface area (Å²) in [5, 5.41) is 11.1. The number of para-hydroxylation sites is 1. The second-order valence-corrected chi connectivity index (χ2v) is 5.58. The lowest BCUT2D eigenvalue weighted by molar-refractivity contribution is -0.103. The summed E-state index contributed by atoms with van der Waals surface area (Å²) in [6, 6.07) is 27.3. The first-order valence-electron chi connectivity index (χ1n) is 7.61. The van der Waals surface area contributed by atoms with Gasteiger partial charge in [-0.25, -0.2) is 0 Å². The predicted octanol–water partition coefficient (Wildman–Crippen LogP) is 4.36. The van der Waals surface area contributed by atoms with Gasteiger partial charge in [-0.1, -0.05) is 78.9 Å². The molecule has 1 atom stereocenters. The van der Waals surface area contributed by atoms with Gasteiger partial charge in [0.25, 0.3) is 5.79 Å². The minimum Gasteiger partial charge on any atom is -0.454 e. The number of fused-ring (bicyclic) bond motifs is 1. The summed E-state index contributed by atoms with van der Waals surface area (Å²) in [5.74, 6) is -0.791. The molecule has 3 aromatic rings. The highest BCUT2D eigenvalue weighted by Gasteiger charge is 2.35.